The van der Waals surface area contributed by atoms with Crippen LogP contribution < -0.4 is 5.32 Å². The molecule has 58 valence electrons. The van der Waals surface area contributed by atoms with Gasteiger partial charge in [-0.2, -0.15) is 0 Å². The van der Waals surface area contributed by atoms with Crippen LogP contribution in [-0.2, 0) is 0 Å². The van der Waals surface area contributed by atoms with Crippen molar-refractivity contribution in [1.29, 1.82) is 0 Å². The molecule has 0 radical (unpaired) electrons. The molecule has 0 rings (SSSR count). The minimum absolute atomic E-state index is 0.530. The molecular weight excluding hydrogens is 148 g/mol. The lowest BCUT2D eigenvalue weighted by Crippen LogP contribution is -2.11. The standard InChI is InChI=1S/C7H13ClN2/c1-3-4-7(2)10-6-9-5-8/h5,10H,2-4,6H2,1H3/b9-5+. The molecule has 0 bridgehead atoms. The third-order valence-electron chi connectivity index (χ3n) is 1.04. The Morgan fingerprint density at radius 1 is 1.80 bits per heavy atom. The van der Waals surface area contributed by atoms with Gasteiger partial charge in [-0.05, 0) is 6.42 Å². The van der Waals surface area contributed by atoms with Crippen molar-refractivity contribution in [3.05, 3.63) is 12.3 Å². The molecule has 1 N–H and O–H groups in total. The highest BCUT2D eigenvalue weighted by Gasteiger charge is 1.86. The van der Waals surface area contributed by atoms with Crippen LogP contribution in [0.4, 0.5) is 0 Å². The summed E-state index contributed by atoms with van der Waals surface area (Å²) < 4.78 is 0. The summed E-state index contributed by atoms with van der Waals surface area (Å²) in [6.45, 7) is 6.43. The molecule has 0 amide bonds. The number of rotatable bonds is 5. The SMILES string of the molecule is C=C(CCC)NC/N=C/Cl. The average molecular weight is 161 g/mol. The molecule has 10 heavy (non-hydrogen) atoms. The fourth-order valence-corrected chi connectivity index (χ4v) is 0.651. The van der Waals surface area contributed by atoms with Crippen LogP contribution >= 0.6 is 11.6 Å². The van der Waals surface area contributed by atoms with Gasteiger partial charge in [-0.15, -0.1) is 0 Å². The highest BCUT2D eigenvalue weighted by molar-refractivity contribution is 6.56. The first-order valence-corrected chi connectivity index (χ1v) is 3.75. The first-order chi connectivity index (χ1) is 4.81. The Morgan fingerprint density at radius 2 is 2.50 bits per heavy atom. The van der Waals surface area contributed by atoms with E-state index in [9.17, 15) is 0 Å². The zero-order chi connectivity index (χ0) is 7.82. The van der Waals surface area contributed by atoms with Crippen molar-refractivity contribution in [1.82, 2.24) is 5.32 Å². The summed E-state index contributed by atoms with van der Waals surface area (Å²) in [5.41, 5.74) is 2.27. The van der Waals surface area contributed by atoms with E-state index < -0.39 is 0 Å². The number of hydrogen-bond acceptors (Lipinski definition) is 2. The molecule has 0 atom stereocenters. The van der Waals surface area contributed by atoms with Crippen LogP contribution in [-0.4, -0.2) is 12.3 Å². The van der Waals surface area contributed by atoms with E-state index in [2.05, 4.69) is 23.8 Å². The quantitative estimate of drug-likeness (QED) is 0.613. The predicted octanol–water partition coefficient (Wildman–Crippen LogP) is 2.11. The highest BCUT2D eigenvalue weighted by Crippen LogP contribution is 1.95. The normalized spacial score (nSPS) is 10.2. The third-order valence-corrected chi connectivity index (χ3v) is 1.18. The number of halogens is 1. The molecule has 0 aliphatic rings. The molecule has 0 spiro atoms. The Kier molecular flexibility index (Phi) is 6.29. The Morgan fingerprint density at radius 3 is 3.00 bits per heavy atom. The minimum atomic E-state index is 0.530. The van der Waals surface area contributed by atoms with E-state index in [4.69, 9.17) is 11.6 Å². The summed E-state index contributed by atoms with van der Waals surface area (Å²) >= 11 is 5.20. The smallest absolute Gasteiger partial charge is 0.108 e. The first-order valence-electron chi connectivity index (χ1n) is 3.31. The zero-order valence-electron chi connectivity index (χ0n) is 6.23. The molecule has 0 aromatic carbocycles. The van der Waals surface area contributed by atoms with Gasteiger partial charge in [0.2, 0.25) is 0 Å². The zero-order valence-corrected chi connectivity index (χ0v) is 6.99. The lowest BCUT2D eigenvalue weighted by molar-refractivity contribution is 0.755. The lowest BCUT2D eigenvalue weighted by atomic mass is 10.3. The summed E-state index contributed by atoms with van der Waals surface area (Å²) in [6.07, 6.45) is 2.11. The molecule has 0 saturated carbocycles. The van der Waals surface area contributed by atoms with E-state index in [-0.39, 0.29) is 0 Å². The van der Waals surface area contributed by atoms with E-state index in [1.54, 1.807) is 0 Å². The Labute approximate surface area is 67.0 Å². The number of hydrogen-bond donors (Lipinski definition) is 1. The van der Waals surface area contributed by atoms with Crippen molar-refractivity contribution >= 4 is 17.3 Å². The Balaban J connectivity index is 3.21. The van der Waals surface area contributed by atoms with Crippen LogP contribution in [0.15, 0.2) is 17.3 Å². The van der Waals surface area contributed by atoms with E-state index in [0.29, 0.717) is 6.67 Å². The van der Waals surface area contributed by atoms with Gasteiger partial charge < -0.3 is 5.32 Å². The van der Waals surface area contributed by atoms with Gasteiger partial charge in [-0.1, -0.05) is 31.5 Å². The van der Waals surface area contributed by atoms with Crippen molar-refractivity contribution in [2.24, 2.45) is 4.99 Å². The van der Waals surface area contributed by atoms with Crippen LogP contribution in [0.5, 0.6) is 0 Å². The Bertz CT molecular complexity index is 121. The summed E-state index contributed by atoms with van der Waals surface area (Å²) in [7, 11) is 0. The molecule has 0 aliphatic heterocycles. The van der Waals surface area contributed by atoms with Crippen molar-refractivity contribution in [3.8, 4) is 0 Å². The predicted molar refractivity (Wildman–Crippen MR) is 46.4 cm³/mol. The van der Waals surface area contributed by atoms with Gasteiger partial charge in [0.05, 0.1) is 5.67 Å². The van der Waals surface area contributed by atoms with E-state index >= 15 is 0 Å². The number of nitrogens with one attached hydrogen (secondary N) is 1. The maximum Gasteiger partial charge on any atom is 0.108 e. The third kappa shape index (κ3) is 5.63. The molecule has 0 unspecified atom stereocenters. The first kappa shape index (κ1) is 9.50. The van der Waals surface area contributed by atoms with Crippen molar-refractivity contribution in [2.45, 2.75) is 19.8 Å². The fourth-order valence-electron chi connectivity index (χ4n) is 0.582. The summed E-state index contributed by atoms with van der Waals surface area (Å²) in [4.78, 5) is 3.76. The van der Waals surface area contributed by atoms with Gasteiger partial charge in [-0.3, -0.25) is 4.99 Å². The topological polar surface area (TPSA) is 24.4 Å². The molecule has 0 heterocycles. The van der Waals surface area contributed by atoms with Gasteiger partial charge >= 0.3 is 0 Å². The van der Waals surface area contributed by atoms with Crippen LogP contribution in [0.25, 0.3) is 0 Å². The fraction of sp³-hybridized carbons (Fsp3) is 0.571. The van der Waals surface area contributed by atoms with Crippen molar-refractivity contribution in [2.75, 3.05) is 6.67 Å². The molecule has 3 heteroatoms. The summed E-state index contributed by atoms with van der Waals surface area (Å²) in [5.74, 6) is 0. The average Bonchev–Trinajstić information content (AvgIpc) is 1.89. The highest BCUT2D eigenvalue weighted by atomic mass is 35.5. The van der Waals surface area contributed by atoms with Crippen molar-refractivity contribution in [3.63, 3.8) is 0 Å². The molecule has 0 aromatic heterocycles. The molecule has 0 fully saturated rings. The van der Waals surface area contributed by atoms with Gasteiger partial charge in [0.25, 0.3) is 0 Å². The number of aliphatic imine (C=N–C) groups is 1. The van der Waals surface area contributed by atoms with Crippen molar-refractivity contribution < 1.29 is 0 Å². The Hall–Kier alpha value is -0.500. The second-order valence-electron chi connectivity index (χ2n) is 1.97. The van der Waals surface area contributed by atoms with E-state index in [0.717, 1.165) is 18.5 Å². The maximum atomic E-state index is 5.20. The van der Waals surface area contributed by atoms with Gasteiger partial charge in [0.1, 0.15) is 6.67 Å². The van der Waals surface area contributed by atoms with Gasteiger partial charge in [0, 0.05) is 5.70 Å². The van der Waals surface area contributed by atoms with Crippen LogP contribution in [0.2, 0.25) is 0 Å². The second kappa shape index (κ2) is 6.62. The molecule has 0 aromatic rings. The largest absolute Gasteiger partial charge is 0.370 e. The molecule has 0 aliphatic carbocycles. The van der Waals surface area contributed by atoms with Gasteiger partial charge in [-0.25, -0.2) is 0 Å². The minimum Gasteiger partial charge on any atom is -0.370 e. The number of nitrogens with zero attached hydrogens (tertiary/aromatic N) is 1. The summed E-state index contributed by atoms with van der Waals surface area (Å²) in [6, 6.07) is 0. The molecule has 0 saturated heterocycles. The van der Waals surface area contributed by atoms with Crippen LogP contribution in [0.3, 0.4) is 0 Å². The molecule has 2 nitrogen and oxygen atoms in total. The number of allylic oxidation sites excluding steroid dienone is 1. The lowest BCUT2D eigenvalue weighted by Gasteiger charge is -2.03. The van der Waals surface area contributed by atoms with E-state index in [1.807, 2.05) is 0 Å². The maximum absolute atomic E-state index is 5.20. The van der Waals surface area contributed by atoms with E-state index in [1.165, 1.54) is 5.67 Å². The van der Waals surface area contributed by atoms with Crippen LogP contribution in [0, 0.1) is 0 Å². The summed E-state index contributed by atoms with van der Waals surface area (Å²) in [5, 5.41) is 3.01. The second-order valence-corrected chi connectivity index (χ2v) is 2.16. The van der Waals surface area contributed by atoms with Crippen LogP contribution in [0.1, 0.15) is 19.8 Å². The molecular formula is C7H13ClN2. The van der Waals surface area contributed by atoms with Gasteiger partial charge in [0.15, 0.2) is 0 Å². The monoisotopic (exact) mass is 160 g/mol.